The van der Waals surface area contributed by atoms with E-state index in [0.29, 0.717) is 12.4 Å². The van der Waals surface area contributed by atoms with Crippen molar-refractivity contribution in [3.8, 4) is 16.9 Å². The van der Waals surface area contributed by atoms with Crippen LogP contribution in [0.4, 0.5) is 0 Å². The van der Waals surface area contributed by atoms with E-state index in [-0.39, 0.29) is 12.3 Å². The number of rotatable bonds is 7. The van der Waals surface area contributed by atoms with Gasteiger partial charge in [0.05, 0.1) is 12.6 Å². The number of halogens is 1. The Bertz CT molecular complexity index is 1090. The van der Waals surface area contributed by atoms with Crippen LogP contribution in [0.1, 0.15) is 5.69 Å². The van der Waals surface area contributed by atoms with Crippen molar-refractivity contribution < 1.29 is 9.47 Å². The van der Waals surface area contributed by atoms with Crippen LogP contribution in [0.3, 0.4) is 0 Å². The van der Waals surface area contributed by atoms with Crippen molar-refractivity contribution in [3.05, 3.63) is 57.0 Å². The van der Waals surface area contributed by atoms with Gasteiger partial charge in [-0.3, -0.25) is 14.3 Å². The van der Waals surface area contributed by atoms with Gasteiger partial charge in [0, 0.05) is 47.6 Å². The number of fused-ring (bicyclic) bond motifs is 1. The van der Waals surface area contributed by atoms with Crippen LogP contribution in [0.15, 0.2) is 45.8 Å². The molecule has 3 rings (SSSR count). The first-order valence-corrected chi connectivity index (χ1v) is 14.1. The molecular weight excluding hydrogens is 448 g/mol. The van der Waals surface area contributed by atoms with Gasteiger partial charge >= 0.3 is 0 Å². The highest BCUT2D eigenvalue weighted by molar-refractivity contribution is 9.10. The molecule has 0 saturated heterocycles. The monoisotopic (exact) mass is 474 g/mol. The van der Waals surface area contributed by atoms with Gasteiger partial charge in [-0.1, -0.05) is 41.6 Å². The summed E-state index contributed by atoms with van der Waals surface area (Å²) in [7, 11) is 0.336. The molecule has 7 heteroatoms. The molecule has 0 aliphatic carbocycles. The van der Waals surface area contributed by atoms with E-state index in [4.69, 9.17) is 9.47 Å². The highest BCUT2D eigenvalue weighted by atomic mass is 79.9. The molecule has 0 radical (unpaired) electrons. The average molecular weight is 475 g/mol. The van der Waals surface area contributed by atoms with Crippen molar-refractivity contribution in [1.82, 2.24) is 9.55 Å². The minimum atomic E-state index is -1.20. The van der Waals surface area contributed by atoms with Crippen molar-refractivity contribution in [1.29, 1.82) is 0 Å². The lowest BCUT2D eigenvalue weighted by atomic mass is 9.99. The van der Waals surface area contributed by atoms with Crippen molar-refractivity contribution in [3.63, 3.8) is 0 Å². The molecule has 0 saturated carbocycles. The number of nitrogens with zero attached hydrogens (tertiary/aromatic N) is 2. The SMILES string of the molecule is COc1c(-c2cccnc2C)c2cc(Br)ccc2n(COCC[Si](C)(C)C)c1=O. The van der Waals surface area contributed by atoms with Gasteiger partial charge in [0.25, 0.3) is 5.56 Å². The maximum Gasteiger partial charge on any atom is 0.295 e. The first-order chi connectivity index (χ1) is 13.7. The van der Waals surface area contributed by atoms with Gasteiger partial charge in [0.2, 0.25) is 0 Å². The molecule has 2 heterocycles. The van der Waals surface area contributed by atoms with Crippen molar-refractivity contribution in [2.75, 3.05) is 13.7 Å². The van der Waals surface area contributed by atoms with Crippen LogP contribution in [-0.4, -0.2) is 31.3 Å². The summed E-state index contributed by atoms with van der Waals surface area (Å²) in [6.45, 7) is 9.70. The Kier molecular flexibility index (Phi) is 6.61. The Hall–Kier alpha value is -1.96. The lowest BCUT2D eigenvalue weighted by molar-refractivity contribution is 0.0873. The maximum atomic E-state index is 13.3. The zero-order valence-corrected chi connectivity index (χ0v) is 20.2. The molecule has 0 N–H and O–H groups in total. The van der Waals surface area contributed by atoms with Gasteiger partial charge < -0.3 is 9.47 Å². The van der Waals surface area contributed by atoms with E-state index in [0.717, 1.165) is 38.2 Å². The zero-order valence-electron chi connectivity index (χ0n) is 17.6. The van der Waals surface area contributed by atoms with E-state index in [1.807, 2.05) is 37.3 Å². The van der Waals surface area contributed by atoms with Crippen LogP contribution in [0.25, 0.3) is 22.0 Å². The largest absolute Gasteiger partial charge is 0.491 e. The number of aryl methyl sites for hydroxylation is 1. The predicted molar refractivity (Wildman–Crippen MR) is 125 cm³/mol. The zero-order chi connectivity index (χ0) is 21.2. The van der Waals surface area contributed by atoms with Crippen molar-refractivity contribution in [2.24, 2.45) is 0 Å². The standard InChI is InChI=1S/C22H27BrN2O3Si/c1-15-17(7-6-10-24-15)20-18-13-16(23)8-9-19(18)25(22(26)21(20)27-2)14-28-11-12-29(3,4)5/h6-10,13H,11-12,14H2,1-5H3. The molecule has 0 unspecified atom stereocenters. The Morgan fingerprint density at radius 3 is 2.62 bits per heavy atom. The van der Waals surface area contributed by atoms with E-state index < -0.39 is 8.07 Å². The molecule has 1 aromatic carbocycles. The van der Waals surface area contributed by atoms with E-state index in [2.05, 4.69) is 40.6 Å². The van der Waals surface area contributed by atoms with Gasteiger partial charge in [-0.05, 0) is 37.2 Å². The Morgan fingerprint density at radius 1 is 1.21 bits per heavy atom. The molecule has 29 heavy (non-hydrogen) atoms. The van der Waals surface area contributed by atoms with E-state index >= 15 is 0 Å². The summed E-state index contributed by atoms with van der Waals surface area (Å²) >= 11 is 3.56. The van der Waals surface area contributed by atoms with Gasteiger partial charge in [-0.15, -0.1) is 0 Å². The fourth-order valence-electron chi connectivity index (χ4n) is 3.27. The smallest absolute Gasteiger partial charge is 0.295 e. The molecule has 0 bridgehead atoms. The summed E-state index contributed by atoms with van der Waals surface area (Å²) in [6, 6.07) is 10.8. The minimum absolute atomic E-state index is 0.199. The third-order valence-corrected chi connectivity index (χ3v) is 7.08. The van der Waals surface area contributed by atoms with E-state index in [9.17, 15) is 4.79 Å². The lowest BCUT2D eigenvalue weighted by Crippen LogP contribution is -2.26. The Morgan fingerprint density at radius 2 is 1.97 bits per heavy atom. The van der Waals surface area contributed by atoms with Crippen LogP contribution in [0.5, 0.6) is 5.75 Å². The summed E-state index contributed by atoms with van der Waals surface area (Å²) < 4.78 is 14.1. The van der Waals surface area contributed by atoms with Crippen molar-refractivity contribution in [2.45, 2.75) is 39.3 Å². The molecule has 0 spiro atoms. The lowest BCUT2D eigenvalue weighted by Gasteiger charge is -2.19. The number of ether oxygens (including phenoxy) is 2. The second kappa shape index (κ2) is 8.81. The molecular formula is C22H27BrN2O3Si. The number of methoxy groups -OCH3 is 1. The van der Waals surface area contributed by atoms with Gasteiger partial charge in [-0.2, -0.15) is 0 Å². The minimum Gasteiger partial charge on any atom is -0.491 e. The molecule has 0 aliphatic rings. The fraction of sp³-hybridized carbons (Fsp3) is 0.364. The highest BCUT2D eigenvalue weighted by Crippen LogP contribution is 2.37. The summed E-state index contributed by atoms with van der Waals surface area (Å²) in [5.41, 5.74) is 3.10. The number of hydrogen-bond donors (Lipinski definition) is 0. The van der Waals surface area contributed by atoms with Crippen LogP contribution in [0.2, 0.25) is 25.7 Å². The first-order valence-electron chi connectivity index (χ1n) is 9.63. The van der Waals surface area contributed by atoms with E-state index in [1.165, 1.54) is 7.11 Å². The molecule has 154 valence electrons. The van der Waals surface area contributed by atoms with E-state index in [1.54, 1.807) is 10.8 Å². The summed E-state index contributed by atoms with van der Waals surface area (Å²) in [4.78, 5) is 17.7. The maximum absolute atomic E-state index is 13.3. The van der Waals surface area contributed by atoms with Crippen LogP contribution >= 0.6 is 15.9 Å². The highest BCUT2D eigenvalue weighted by Gasteiger charge is 2.21. The second-order valence-electron chi connectivity index (χ2n) is 8.29. The van der Waals surface area contributed by atoms with Gasteiger partial charge in [0.1, 0.15) is 6.73 Å². The van der Waals surface area contributed by atoms with Gasteiger partial charge in [0.15, 0.2) is 5.75 Å². The first kappa shape index (κ1) is 21.7. The topological polar surface area (TPSA) is 53.4 Å². The molecule has 0 atom stereocenters. The van der Waals surface area contributed by atoms with Crippen LogP contribution in [-0.2, 0) is 11.5 Å². The predicted octanol–water partition coefficient (Wildman–Crippen LogP) is 5.46. The molecule has 0 fully saturated rings. The number of pyridine rings is 2. The van der Waals surface area contributed by atoms with Crippen LogP contribution < -0.4 is 10.3 Å². The molecule has 3 aromatic rings. The second-order valence-corrected chi connectivity index (χ2v) is 14.8. The Labute approximate surface area is 180 Å². The van der Waals surface area contributed by atoms with Crippen LogP contribution in [0, 0.1) is 6.92 Å². The molecule has 5 nitrogen and oxygen atoms in total. The average Bonchev–Trinajstić information content (AvgIpc) is 2.66. The third kappa shape index (κ3) is 4.79. The number of hydrogen-bond acceptors (Lipinski definition) is 4. The summed E-state index contributed by atoms with van der Waals surface area (Å²) in [6.07, 6.45) is 1.75. The Balaban J connectivity index is 2.18. The summed E-state index contributed by atoms with van der Waals surface area (Å²) in [5.74, 6) is 0.306. The fourth-order valence-corrected chi connectivity index (χ4v) is 4.39. The quantitative estimate of drug-likeness (QED) is 0.337. The summed E-state index contributed by atoms with van der Waals surface area (Å²) in [5, 5.41) is 0.917. The molecule has 0 aliphatic heterocycles. The van der Waals surface area contributed by atoms with Gasteiger partial charge in [-0.25, -0.2) is 0 Å². The number of aromatic nitrogens is 2. The molecule has 0 amide bonds. The normalized spacial score (nSPS) is 11.8. The molecule has 2 aromatic heterocycles. The third-order valence-electron chi connectivity index (χ3n) is 4.88. The van der Waals surface area contributed by atoms with Crippen molar-refractivity contribution >= 4 is 34.9 Å². The number of benzene rings is 1.